The lowest BCUT2D eigenvalue weighted by atomic mass is 10.2. The van der Waals surface area contributed by atoms with Crippen molar-refractivity contribution in [1.29, 1.82) is 0 Å². The quantitative estimate of drug-likeness (QED) is 0.845. The highest BCUT2D eigenvalue weighted by Gasteiger charge is 2.19. The lowest BCUT2D eigenvalue weighted by Gasteiger charge is -2.15. The lowest BCUT2D eigenvalue weighted by molar-refractivity contribution is 0.542. The molecule has 0 bridgehead atoms. The normalized spacial score (nSPS) is 13.3. The molecule has 2 aromatic heterocycles. The van der Waals surface area contributed by atoms with Gasteiger partial charge in [0.25, 0.3) is 0 Å². The minimum atomic E-state index is 0.351. The number of imidazole rings is 1. The van der Waals surface area contributed by atoms with Gasteiger partial charge in [0.05, 0.1) is 5.69 Å². The molecular weight excluding hydrogens is 246 g/mol. The third-order valence-electron chi connectivity index (χ3n) is 3.19. The first-order chi connectivity index (χ1) is 8.56. The van der Waals surface area contributed by atoms with Crippen LogP contribution in [0.5, 0.6) is 0 Å². The number of nitrogens with zero attached hydrogens (tertiary/aromatic N) is 4. The van der Waals surface area contributed by atoms with E-state index in [0.717, 1.165) is 34.8 Å². The average Bonchev–Trinajstić information content (AvgIpc) is 2.78. The van der Waals surface area contributed by atoms with E-state index in [9.17, 15) is 0 Å². The summed E-state index contributed by atoms with van der Waals surface area (Å²) < 4.78 is 3.98. The van der Waals surface area contributed by atoms with Gasteiger partial charge < -0.3 is 5.73 Å². The number of aromatic nitrogens is 4. The summed E-state index contributed by atoms with van der Waals surface area (Å²) in [5.41, 5.74) is 8.93. The third-order valence-corrected chi connectivity index (χ3v) is 4.12. The molecule has 0 amide bonds. The Morgan fingerprint density at radius 1 is 1.44 bits per heavy atom. The van der Waals surface area contributed by atoms with Gasteiger partial charge in [0.1, 0.15) is 5.52 Å². The van der Waals surface area contributed by atoms with Crippen molar-refractivity contribution < 1.29 is 0 Å². The molecule has 2 aromatic rings. The van der Waals surface area contributed by atoms with Crippen LogP contribution in [-0.4, -0.2) is 30.8 Å². The molecule has 0 aliphatic carbocycles. The van der Waals surface area contributed by atoms with Gasteiger partial charge in [-0.25, -0.2) is 4.98 Å². The number of nitrogen functional groups attached to an aromatic ring is 1. The zero-order chi connectivity index (χ0) is 13.3. The van der Waals surface area contributed by atoms with E-state index in [1.807, 2.05) is 30.4 Å². The monoisotopic (exact) mass is 267 g/mol. The van der Waals surface area contributed by atoms with Gasteiger partial charge in [-0.05, 0) is 31.8 Å². The summed E-state index contributed by atoms with van der Waals surface area (Å²) in [6.45, 7) is 6.34. The van der Waals surface area contributed by atoms with Crippen LogP contribution in [0.15, 0.2) is 0 Å². The summed E-state index contributed by atoms with van der Waals surface area (Å²) in [6, 6.07) is 0.351. The van der Waals surface area contributed by atoms with Crippen LogP contribution in [-0.2, 0) is 7.05 Å². The Morgan fingerprint density at radius 2 is 2.17 bits per heavy atom. The summed E-state index contributed by atoms with van der Waals surface area (Å²) in [5.74, 6) is 2.90. The average molecular weight is 267 g/mol. The molecule has 0 radical (unpaired) electrons. The van der Waals surface area contributed by atoms with Gasteiger partial charge in [0, 0.05) is 13.1 Å². The summed E-state index contributed by atoms with van der Waals surface area (Å²) in [7, 11) is 1.94. The molecule has 6 heteroatoms. The molecule has 18 heavy (non-hydrogen) atoms. The molecule has 0 aromatic carbocycles. The smallest absolute Gasteiger partial charge is 0.202 e. The fourth-order valence-electron chi connectivity index (χ4n) is 2.27. The zero-order valence-electron chi connectivity index (χ0n) is 11.5. The van der Waals surface area contributed by atoms with Crippen LogP contribution in [0.2, 0.25) is 0 Å². The van der Waals surface area contributed by atoms with E-state index in [1.165, 1.54) is 0 Å². The van der Waals surface area contributed by atoms with E-state index in [1.54, 1.807) is 0 Å². The predicted molar refractivity (Wildman–Crippen MR) is 78.0 cm³/mol. The molecule has 1 atom stereocenters. The van der Waals surface area contributed by atoms with Crippen molar-refractivity contribution in [2.45, 2.75) is 33.2 Å². The Kier molecular flexibility index (Phi) is 3.85. The number of fused-ring (bicyclic) bond motifs is 1. The van der Waals surface area contributed by atoms with E-state index >= 15 is 0 Å². The van der Waals surface area contributed by atoms with Crippen molar-refractivity contribution in [3.05, 3.63) is 5.69 Å². The number of nitrogens with two attached hydrogens (primary N) is 1. The van der Waals surface area contributed by atoms with Crippen molar-refractivity contribution in [3.8, 4) is 0 Å². The van der Waals surface area contributed by atoms with Crippen LogP contribution >= 0.6 is 11.8 Å². The fourth-order valence-corrected chi connectivity index (χ4v) is 3.07. The van der Waals surface area contributed by atoms with E-state index in [0.29, 0.717) is 12.0 Å². The number of aryl methyl sites for hydroxylation is 2. The lowest BCUT2D eigenvalue weighted by Crippen LogP contribution is -2.12. The van der Waals surface area contributed by atoms with Crippen molar-refractivity contribution in [1.82, 2.24) is 19.3 Å². The molecule has 0 aliphatic rings. The molecule has 100 valence electrons. The summed E-state index contributed by atoms with van der Waals surface area (Å²) in [5, 5.41) is 4.40. The van der Waals surface area contributed by atoms with Crippen LogP contribution in [0, 0.1) is 6.92 Å². The Morgan fingerprint density at radius 3 is 2.83 bits per heavy atom. The summed E-state index contributed by atoms with van der Waals surface area (Å²) in [4.78, 5) is 4.43. The largest absolute Gasteiger partial charge is 0.369 e. The Labute approximate surface area is 112 Å². The first-order valence-electron chi connectivity index (χ1n) is 6.31. The molecule has 2 heterocycles. The van der Waals surface area contributed by atoms with Gasteiger partial charge in [-0.3, -0.25) is 9.25 Å². The van der Waals surface area contributed by atoms with Crippen LogP contribution < -0.4 is 5.73 Å². The Bertz CT molecular complexity index is 542. The van der Waals surface area contributed by atoms with Crippen LogP contribution in [0.25, 0.3) is 11.2 Å². The van der Waals surface area contributed by atoms with Gasteiger partial charge in [-0.2, -0.15) is 16.9 Å². The predicted octanol–water partition coefficient (Wildman–Crippen LogP) is 2.36. The van der Waals surface area contributed by atoms with Crippen LogP contribution in [0.4, 0.5) is 5.95 Å². The van der Waals surface area contributed by atoms with Crippen molar-refractivity contribution >= 4 is 28.9 Å². The molecule has 2 N–H and O–H groups in total. The summed E-state index contributed by atoms with van der Waals surface area (Å²) in [6.07, 6.45) is 1.10. The van der Waals surface area contributed by atoms with Gasteiger partial charge in [-0.15, -0.1) is 0 Å². The molecule has 0 fully saturated rings. The SMILES string of the molecule is CCSCCC(C)n1c(N)nc2c(C)nn(C)c21. The highest BCUT2D eigenvalue weighted by molar-refractivity contribution is 7.99. The standard InChI is InChI=1S/C12H21N5S/c1-5-18-7-6-8(2)17-11-10(14-12(17)13)9(3)15-16(11)4/h8H,5-7H2,1-4H3,(H2,13,14). The third kappa shape index (κ3) is 2.21. The number of hydrogen-bond acceptors (Lipinski definition) is 4. The topological polar surface area (TPSA) is 61.7 Å². The highest BCUT2D eigenvalue weighted by Crippen LogP contribution is 2.26. The zero-order valence-corrected chi connectivity index (χ0v) is 12.3. The second-order valence-corrected chi connectivity index (χ2v) is 5.95. The second kappa shape index (κ2) is 5.22. The Hall–Kier alpha value is -1.17. The van der Waals surface area contributed by atoms with E-state index in [2.05, 4.69) is 28.5 Å². The van der Waals surface area contributed by atoms with Gasteiger partial charge >= 0.3 is 0 Å². The summed E-state index contributed by atoms with van der Waals surface area (Å²) >= 11 is 1.96. The molecule has 0 saturated carbocycles. The maximum absolute atomic E-state index is 6.04. The molecule has 5 nitrogen and oxygen atoms in total. The second-order valence-electron chi connectivity index (χ2n) is 4.56. The first kappa shape index (κ1) is 13.3. The highest BCUT2D eigenvalue weighted by atomic mass is 32.2. The Balaban J connectivity index is 2.34. The first-order valence-corrected chi connectivity index (χ1v) is 7.46. The van der Waals surface area contributed by atoms with E-state index in [-0.39, 0.29) is 0 Å². The van der Waals surface area contributed by atoms with Gasteiger partial charge in [0.2, 0.25) is 5.95 Å². The maximum atomic E-state index is 6.04. The van der Waals surface area contributed by atoms with E-state index in [4.69, 9.17) is 5.73 Å². The molecule has 0 saturated heterocycles. The molecule has 0 spiro atoms. The van der Waals surface area contributed by atoms with Crippen molar-refractivity contribution in [2.75, 3.05) is 17.2 Å². The molecule has 2 rings (SSSR count). The van der Waals surface area contributed by atoms with Gasteiger partial charge in [-0.1, -0.05) is 6.92 Å². The van der Waals surface area contributed by atoms with Crippen molar-refractivity contribution in [2.24, 2.45) is 7.05 Å². The fraction of sp³-hybridized carbons (Fsp3) is 0.667. The molecular formula is C12H21N5S. The van der Waals surface area contributed by atoms with Crippen LogP contribution in [0.3, 0.4) is 0 Å². The minimum Gasteiger partial charge on any atom is -0.369 e. The molecule has 0 aliphatic heterocycles. The van der Waals surface area contributed by atoms with Crippen molar-refractivity contribution in [3.63, 3.8) is 0 Å². The molecule has 1 unspecified atom stereocenters. The number of anilines is 1. The van der Waals surface area contributed by atoms with E-state index < -0.39 is 0 Å². The maximum Gasteiger partial charge on any atom is 0.202 e. The van der Waals surface area contributed by atoms with Crippen LogP contribution in [0.1, 0.15) is 32.0 Å². The van der Waals surface area contributed by atoms with Gasteiger partial charge in [0.15, 0.2) is 5.65 Å². The number of rotatable bonds is 5. The minimum absolute atomic E-state index is 0.351. The number of hydrogen-bond donors (Lipinski definition) is 1. The number of thioether (sulfide) groups is 1.